The van der Waals surface area contributed by atoms with Crippen LogP contribution in [-0.4, -0.2) is 75.7 Å². The molecule has 3 fully saturated rings. The van der Waals surface area contributed by atoms with E-state index in [2.05, 4.69) is 44.3 Å². The number of urea groups is 1. The molecule has 5 rings (SSSR count). The number of rotatable bonds is 4. The van der Waals surface area contributed by atoms with Gasteiger partial charge in [0.1, 0.15) is 18.2 Å². The summed E-state index contributed by atoms with van der Waals surface area (Å²) in [7, 11) is 0. The van der Waals surface area contributed by atoms with Gasteiger partial charge in [0.25, 0.3) is 0 Å². The van der Waals surface area contributed by atoms with E-state index < -0.39 is 0 Å². The number of nitrogens with one attached hydrogen (secondary N) is 1. The van der Waals surface area contributed by atoms with Gasteiger partial charge in [-0.25, -0.2) is 9.78 Å². The Morgan fingerprint density at radius 2 is 1.74 bits per heavy atom. The van der Waals surface area contributed by atoms with Gasteiger partial charge in [0, 0.05) is 50.2 Å². The van der Waals surface area contributed by atoms with E-state index in [1.807, 2.05) is 9.80 Å². The SMILES string of the molecule is NC(=O)C1CCCCN1c1ccc(C2CN(C(=O)N3CC[C@H](c4ncn[nH]4)C3)C2)cc1. The Morgan fingerprint density at radius 3 is 2.45 bits per heavy atom. The second-order valence-corrected chi connectivity index (χ2v) is 8.89. The highest BCUT2D eigenvalue weighted by Gasteiger charge is 2.37. The first-order valence-electron chi connectivity index (χ1n) is 11.1. The first kappa shape index (κ1) is 19.8. The van der Waals surface area contributed by atoms with Crippen molar-refractivity contribution in [3.63, 3.8) is 0 Å². The summed E-state index contributed by atoms with van der Waals surface area (Å²) in [5, 5.41) is 6.83. The molecule has 0 saturated carbocycles. The minimum Gasteiger partial charge on any atom is -0.368 e. The molecule has 4 heterocycles. The van der Waals surface area contributed by atoms with E-state index in [9.17, 15) is 9.59 Å². The highest BCUT2D eigenvalue weighted by Crippen LogP contribution is 2.32. The summed E-state index contributed by atoms with van der Waals surface area (Å²) in [6.07, 6.45) is 5.39. The van der Waals surface area contributed by atoms with Gasteiger partial charge in [-0.3, -0.25) is 9.89 Å². The molecule has 3 aliphatic rings. The molecule has 2 atom stereocenters. The number of amides is 3. The molecule has 1 aromatic heterocycles. The van der Waals surface area contributed by atoms with Gasteiger partial charge in [-0.05, 0) is 43.4 Å². The number of piperidine rings is 1. The molecule has 9 nitrogen and oxygen atoms in total. The summed E-state index contributed by atoms with van der Waals surface area (Å²) in [6, 6.07) is 8.34. The monoisotopic (exact) mass is 423 g/mol. The van der Waals surface area contributed by atoms with Crippen LogP contribution in [0.5, 0.6) is 0 Å². The molecule has 1 unspecified atom stereocenters. The molecule has 0 radical (unpaired) electrons. The van der Waals surface area contributed by atoms with Gasteiger partial charge in [0.15, 0.2) is 0 Å². The van der Waals surface area contributed by atoms with Crippen LogP contribution in [0, 0.1) is 0 Å². The highest BCUT2D eigenvalue weighted by molar-refractivity contribution is 5.84. The molecule has 3 N–H and O–H groups in total. The number of likely N-dealkylation sites (tertiary alicyclic amines) is 2. The predicted molar refractivity (Wildman–Crippen MR) is 116 cm³/mol. The average Bonchev–Trinajstić information content (AvgIpc) is 3.45. The third-order valence-electron chi connectivity index (χ3n) is 6.96. The van der Waals surface area contributed by atoms with E-state index in [-0.39, 0.29) is 23.9 Å². The van der Waals surface area contributed by atoms with Crippen LogP contribution in [0.2, 0.25) is 0 Å². The summed E-state index contributed by atoms with van der Waals surface area (Å²) in [6.45, 7) is 3.81. The number of aromatic nitrogens is 3. The molecule has 164 valence electrons. The smallest absolute Gasteiger partial charge is 0.320 e. The summed E-state index contributed by atoms with van der Waals surface area (Å²) in [5.74, 6) is 1.22. The van der Waals surface area contributed by atoms with E-state index in [1.54, 1.807) is 0 Å². The largest absolute Gasteiger partial charge is 0.368 e. The maximum Gasteiger partial charge on any atom is 0.320 e. The van der Waals surface area contributed by atoms with E-state index >= 15 is 0 Å². The molecule has 9 heteroatoms. The molecular weight excluding hydrogens is 394 g/mol. The molecule has 1 aromatic carbocycles. The van der Waals surface area contributed by atoms with E-state index in [0.29, 0.717) is 12.5 Å². The van der Waals surface area contributed by atoms with Gasteiger partial charge < -0.3 is 20.4 Å². The topological polar surface area (TPSA) is 111 Å². The number of nitrogens with zero attached hydrogens (tertiary/aromatic N) is 5. The minimum atomic E-state index is -0.246. The third-order valence-corrected chi connectivity index (χ3v) is 6.96. The molecule has 3 aliphatic heterocycles. The number of carbonyl (C=O) groups excluding carboxylic acids is 2. The Kier molecular flexibility index (Phi) is 5.25. The summed E-state index contributed by atoms with van der Waals surface area (Å²) >= 11 is 0. The van der Waals surface area contributed by atoms with Crippen LogP contribution in [0.25, 0.3) is 0 Å². The Labute approximate surface area is 181 Å². The zero-order valence-electron chi connectivity index (χ0n) is 17.6. The van der Waals surface area contributed by atoms with Crippen molar-refractivity contribution < 1.29 is 9.59 Å². The summed E-state index contributed by atoms with van der Waals surface area (Å²) in [5.41, 5.74) is 7.89. The standard InChI is InChI=1S/C22H29N7O2/c23-20(30)19-3-1-2-9-29(19)18-6-4-15(5-7-18)17-12-28(13-17)22(31)27-10-8-16(11-27)21-24-14-25-26-21/h4-7,14,16-17,19H,1-3,8-13H2,(H2,23,30)(H,24,25,26)/t16-,19?/m0/s1. The van der Waals surface area contributed by atoms with Crippen molar-refractivity contribution in [3.05, 3.63) is 42.0 Å². The quantitative estimate of drug-likeness (QED) is 0.777. The lowest BCUT2D eigenvalue weighted by atomic mass is 9.91. The zero-order chi connectivity index (χ0) is 21.4. The molecule has 2 aromatic rings. The van der Waals surface area contributed by atoms with Crippen LogP contribution in [0.1, 0.15) is 48.9 Å². The Hall–Kier alpha value is -3.10. The number of hydrogen-bond acceptors (Lipinski definition) is 5. The zero-order valence-corrected chi connectivity index (χ0v) is 17.6. The van der Waals surface area contributed by atoms with Crippen molar-refractivity contribution in [2.24, 2.45) is 5.73 Å². The fraction of sp³-hybridized carbons (Fsp3) is 0.545. The van der Waals surface area contributed by atoms with E-state index in [4.69, 9.17) is 5.73 Å². The Bertz CT molecular complexity index is 924. The van der Waals surface area contributed by atoms with Gasteiger partial charge in [-0.15, -0.1) is 0 Å². The second kappa shape index (κ2) is 8.20. The molecule has 0 aliphatic carbocycles. The summed E-state index contributed by atoms with van der Waals surface area (Å²) < 4.78 is 0. The van der Waals surface area contributed by atoms with Gasteiger partial charge >= 0.3 is 6.03 Å². The first-order valence-corrected chi connectivity index (χ1v) is 11.1. The molecule has 31 heavy (non-hydrogen) atoms. The van der Waals surface area contributed by atoms with Crippen LogP contribution >= 0.6 is 0 Å². The van der Waals surface area contributed by atoms with Crippen molar-refractivity contribution in [2.75, 3.05) is 37.6 Å². The van der Waals surface area contributed by atoms with Gasteiger partial charge in [0.05, 0.1) is 0 Å². The van der Waals surface area contributed by atoms with Crippen LogP contribution in [0.4, 0.5) is 10.5 Å². The minimum absolute atomic E-state index is 0.118. The lowest BCUT2D eigenvalue weighted by molar-refractivity contribution is -0.119. The van der Waals surface area contributed by atoms with Crippen LogP contribution < -0.4 is 10.6 Å². The average molecular weight is 424 g/mol. The van der Waals surface area contributed by atoms with Crippen LogP contribution in [0.15, 0.2) is 30.6 Å². The number of benzene rings is 1. The first-order chi connectivity index (χ1) is 15.1. The number of aromatic amines is 1. The third kappa shape index (κ3) is 3.84. The lowest BCUT2D eigenvalue weighted by Crippen LogP contribution is -2.53. The Morgan fingerprint density at radius 1 is 0.968 bits per heavy atom. The number of nitrogens with two attached hydrogens (primary N) is 1. The Balaban J connectivity index is 1.16. The molecule has 0 bridgehead atoms. The van der Waals surface area contributed by atoms with Crippen LogP contribution in [-0.2, 0) is 4.79 Å². The second-order valence-electron chi connectivity index (χ2n) is 8.89. The number of anilines is 1. The summed E-state index contributed by atoms with van der Waals surface area (Å²) in [4.78, 5) is 34.8. The van der Waals surface area contributed by atoms with Gasteiger partial charge in [-0.1, -0.05) is 12.1 Å². The van der Waals surface area contributed by atoms with Crippen molar-refractivity contribution in [2.45, 2.75) is 43.6 Å². The number of primary amides is 1. The highest BCUT2D eigenvalue weighted by atomic mass is 16.2. The molecule has 3 saturated heterocycles. The lowest BCUT2D eigenvalue weighted by Gasteiger charge is -2.41. The van der Waals surface area contributed by atoms with E-state index in [1.165, 1.54) is 11.9 Å². The van der Waals surface area contributed by atoms with Gasteiger partial charge in [-0.2, -0.15) is 5.10 Å². The number of carbonyl (C=O) groups is 2. The predicted octanol–water partition coefficient (Wildman–Crippen LogP) is 1.66. The van der Waals surface area contributed by atoms with Crippen molar-refractivity contribution in [1.82, 2.24) is 25.0 Å². The van der Waals surface area contributed by atoms with Crippen molar-refractivity contribution in [1.29, 1.82) is 0 Å². The number of hydrogen-bond donors (Lipinski definition) is 2. The maximum atomic E-state index is 12.8. The normalized spacial score (nSPS) is 24.3. The fourth-order valence-corrected chi connectivity index (χ4v) is 5.09. The van der Waals surface area contributed by atoms with Gasteiger partial charge in [0.2, 0.25) is 5.91 Å². The molecular formula is C22H29N7O2. The maximum absolute atomic E-state index is 12.8. The number of H-pyrrole nitrogens is 1. The van der Waals surface area contributed by atoms with Crippen LogP contribution in [0.3, 0.4) is 0 Å². The molecule has 0 spiro atoms. The molecule has 3 amide bonds. The van der Waals surface area contributed by atoms with Crippen molar-refractivity contribution in [3.8, 4) is 0 Å². The van der Waals surface area contributed by atoms with Crippen molar-refractivity contribution >= 4 is 17.6 Å². The fourth-order valence-electron chi connectivity index (χ4n) is 5.09. The van der Waals surface area contributed by atoms with E-state index in [0.717, 1.165) is 63.4 Å².